The highest BCUT2D eigenvalue weighted by atomic mass is 35.5. The van der Waals surface area contributed by atoms with Gasteiger partial charge in [-0.15, -0.1) is 0 Å². The minimum Gasteiger partial charge on any atom is -0.384 e. The smallest absolute Gasteiger partial charge is 0.103 e. The van der Waals surface area contributed by atoms with Gasteiger partial charge in [0.1, 0.15) is 6.07 Å². The Balaban J connectivity index is 2.04. The van der Waals surface area contributed by atoms with Crippen molar-refractivity contribution in [1.82, 2.24) is 0 Å². The molecular formula is C13H15ClN2O. The van der Waals surface area contributed by atoms with E-state index in [0.717, 1.165) is 25.3 Å². The maximum Gasteiger partial charge on any atom is 0.103 e. The highest BCUT2D eigenvalue weighted by molar-refractivity contribution is 6.32. The number of hydrogen-bond donors (Lipinski definition) is 1. The molecule has 1 heterocycles. The lowest BCUT2D eigenvalue weighted by Crippen LogP contribution is -2.21. The molecule has 0 saturated carbocycles. The van der Waals surface area contributed by atoms with Crippen molar-refractivity contribution >= 4 is 17.3 Å². The summed E-state index contributed by atoms with van der Waals surface area (Å²) in [6.07, 6.45) is 1.35. The summed E-state index contributed by atoms with van der Waals surface area (Å²) in [6, 6.07) is 7.58. The number of nitrogens with one attached hydrogen (secondary N) is 1. The molecule has 0 aromatic heterocycles. The van der Waals surface area contributed by atoms with E-state index in [0.29, 0.717) is 16.5 Å². The average Bonchev–Trinajstić information content (AvgIpc) is 2.72. The Morgan fingerprint density at radius 3 is 3.06 bits per heavy atom. The van der Waals surface area contributed by atoms with Crippen LogP contribution in [0.25, 0.3) is 0 Å². The van der Waals surface area contributed by atoms with Gasteiger partial charge in [0.25, 0.3) is 0 Å². The summed E-state index contributed by atoms with van der Waals surface area (Å²) in [5.41, 5.74) is 1.32. The zero-order valence-corrected chi connectivity index (χ0v) is 10.5. The first-order valence-electron chi connectivity index (χ1n) is 5.76. The molecule has 90 valence electrons. The normalized spacial score (nSPS) is 23.4. The summed E-state index contributed by atoms with van der Waals surface area (Å²) < 4.78 is 5.50. The highest BCUT2D eigenvalue weighted by Crippen LogP contribution is 2.25. The summed E-state index contributed by atoms with van der Waals surface area (Å²) in [5.74, 6) is 0.500. The van der Waals surface area contributed by atoms with Crippen LogP contribution in [0.15, 0.2) is 18.2 Å². The SMILES string of the molecule is CC1OCCC1CNc1cccc(Cl)c1C#N. The van der Waals surface area contributed by atoms with Crippen LogP contribution in [0.1, 0.15) is 18.9 Å². The van der Waals surface area contributed by atoms with Crippen molar-refractivity contribution < 1.29 is 4.74 Å². The number of halogens is 1. The number of hydrogen-bond acceptors (Lipinski definition) is 3. The number of rotatable bonds is 3. The average molecular weight is 251 g/mol. The monoisotopic (exact) mass is 250 g/mol. The molecule has 0 spiro atoms. The van der Waals surface area contributed by atoms with Gasteiger partial charge < -0.3 is 10.1 Å². The number of ether oxygens (including phenoxy) is 1. The van der Waals surface area contributed by atoms with Crippen LogP contribution in [-0.4, -0.2) is 19.3 Å². The van der Waals surface area contributed by atoms with Gasteiger partial charge in [0, 0.05) is 19.1 Å². The fourth-order valence-electron chi connectivity index (χ4n) is 2.07. The largest absolute Gasteiger partial charge is 0.384 e. The summed E-state index contributed by atoms with van der Waals surface area (Å²) >= 11 is 5.97. The molecule has 1 aliphatic rings. The third kappa shape index (κ3) is 2.71. The van der Waals surface area contributed by atoms with Crippen LogP contribution < -0.4 is 5.32 Å². The van der Waals surface area contributed by atoms with Gasteiger partial charge >= 0.3 is 0 Å². The molecule has 4 heteroatoms. The Morgan fingerprint density at radius 2 is 2.41 bits per heavy atom. The van der Waals surface area contributed by atoms with E-state index in [2.05, 4.69) is 18.3 Å². The quantitative estimate of drug-likeness (QED) is 0.897. The molecule has 2 rings (SSSR count). The van der Waals surface area contributed by atoms with Gasteiger partial charge in [-0.1, -0.05) is 17.7 Å². The molecule has 1 fully saturated rings. The van der Waals surface area contributed by atoms with E-state index in [9.17, 15) is 0 Å². The van der Waals surface area contributed by atoms with Crippen molar-refractivity contribution in [2.75, 3.05) is 18.5 Å². The standard InChI is InChI=1S/C13H15ClN2O/c1-9-10(5-6-17-9)8-16-13-4-2-3-12(14)11(13)7-15/h2-4,9-10,16H,5-6,8H2,1H3. The molecule has 1 saturated heterocycles. The Hall–Kier alpha value is -1.24. The fraction of sp³-hybridized carbons (Fsp3) is 0.462. The molecule has 3 nitrogen and oxygen atoms in total. The van der Waals surface area contributed by atoms with Gasteiger partial charge in [-0.3, -0.25) is 0 Å². The van der Waals surface area contributed by atoms with E-state index in [1.165, 1.54) is 0 Å². The Labute approximate surface area is 106 Å². The fourth-order valence-corrected chi connectivity index (χ4v) is 2.29. The maximum absolute atomic E-state index is 9.04. The molecule has 1 aliphatic heterocycles. The van der Waals surface area contributed by atoms with Gasteiger partial charge in [0.2, 0.25) is 0 Å². The Morgan fingerprint density at radius 1 is 1.59 bits per heavy atom. The number of nitriles is 1. The van der Waals surface area contributed by atoms with Crippen molar-refractivity contribution in [1.29, 1.82) is 5.26 Å². The lowest BCUT2D eigenvalue weighted by molar-refractivity contribution is 0.108. The van der Waals surface area contributed by atoms with Crippen molar-refractivity contribution in [3.05, 3.63) is 28.8 Å². The lowest BCUT2D eigenvalue weighted by atomic mass is 10.0. The van der Waals surface area contributed by atoms with E-state index >= 15 is 0 Å². The molecule has 1 N–H and O–H groups in total. The van der Waals surface area contributed by atoms with Crippen LogP contribution in [0.5, 0.6) is 0 Å². The maximum atomic E-state index is 9.04. The van der Waals surface area contributed by atoms with E-state index < -0.39 is 0 Å². The molecule has 17 heavy (non-hydrogen) atoms. The van der Waals surface area contributed by atoms with Gasteiger partial charge in [-0.25, -0.2) is 0 Å². The summed E-state index contributed by atoms with van der Waals surface area (Å²) in [7, 11) is 0. The Bertz CT molecular complexity index is 442. The topological polar surface area (TPSA) is 45.0 Å². The van der Waals surface area contributed by atoms with Crippen LogP contribution in [0, 0.1) is 17.2 Å². The molecule has 0 amide bonds. The van der Waals surface area contributed by atoms with E-state index in [1.54, 1.807) is 6.07 Å². The third-order valence-electron chi connectivity index (χ3n) is 3.21. The minimum atomic E-state index is 0.284. The lowest BCUT2D eigenvalue weighted by Gasteiger charge is -2.16. The molecule has 2 unspecified atom stereocenters. The van der Waals surface area contributed by atoms with Gasteiger partial charge in [0.15, 0.2) is 0 Å². The molecule has 1 aromatic carbocycles. The molecule has 1 aromatic rings. The zero-order chi connectivity index (χ0) is 12.3. The van der Waals surface area contributed by atoms with Crippen LogP contribution in [-0.2, 0) is 4.74 Å². The molecule has 2 atom stereocenters. The second-order valence-electron chi connectivity index (χ2n) is 4.28. The van der Waals surface area contributed by atoms with E-state index in [-0.39, 0.29) is 6.10 Å². The zero-order valence-electron chi connectivity index (χ0n) is 9.74. The molecule has 0 radical (unpaired) electrons. The van der Waals surface area contributed by atoms with E-state index in [1.807, 2.05) is 12.1 Å². The first kappa shape index (κ1) is 12.2. The molecule has 0 bridgehead atoms. The van der Waals surface area contributed by atoms with Gasteiger partial charge in [-0.2, -0.15) is 5.26 Å². The first-order chi connectivity index (χ1) is 8.22. The summed E-state index contributed by atoms with van der Waals surface area (Å²) in [6.45, 7) is 3.73. The van der Waals surface area contributed by atoms with Gasteiger partial charge in [-0.05, 0) is 25.5 Å². The van der Waals surface area contributed by atoms with Crippen molar-refractivity contribution in [2.45, 2.75) is 19.4 Å². The number of benzene rings is 1. The van der Waals surface area contributed by atoms with Crippen molar-refractivity contribution in [3.63, 3.8) is 0 Å². The highest BCUT2D eigenvalue weighted by Gasteiger charge is 2.24. The van der Waals surface area contributed by atoms with Crippen LogP contribution in [0.2, 0.25) is 5.02 Å². The minimum absolute atomic E-state index is 0.284. The Kier molecular flexibility index (Phi) is 3.88. The van der Waals surface area contributed by atoms with Crippen LogP contribution in [0.3, 0.4) is 0 Å². The second kappa shape index (κ2) is 5.39. The molecular weight excluding hydrogens is 236 g/mol. The van der Waals surface area contributed by atoms with Crippen molar-refractivity contribution in [3.8, 4) is 6.07 Å². The van der Waals surface area contributed by atoms with E-state index in [4.69, 9.17) is 21.6 Å². The first-order valence-corrected chi connectivity index (χ1v) is 6.14. The summed E-state index contributed by atoms with van der Waals surface area (Å²) in [4.78, 5) is 0. The van der Waals surface area contributed by atoms with Crippen LogP contribution >= 0.6 is 11.6 Å². The number of nitrogens with zero attached hydrogens (tertiary/aromatic N) is 1. The predicted octanol–water partition coefficient (Wildman–Crippen LogP) is 3.05. The van der Waals surface area contributed by atoms with Crippen LogP contribution in [0.4, 0.5) is 5.69 Å². The number of anilines is 1. The summed E-state index contributed by atoms with van der Waals surface area (Å²) in [5, 5.41) is 12.8. The van der Waals surface area contributed by atoms with Crippen molar-refractivity contribution in [2.24, 2.45) is 5.92 Å². The second-order valence-corrected chi connectivity index (χ2v) is 4.69. The predicted molar refractivity (Wildman–Crippen MR) is 68.2 cm³/mol. The third-order valence-corrected chi connectivity index (χ3v) is 3.53. The van der Waals surface area contributed by atoms with Gasteiger partial charge in [0.05, 0.1) is 22.4 Å². The molecule has 0 aliphatic carbocycles.